The van der Waals surface area contributed by atoms with Gasteiger partial charge in [0.25, 0.3) is 10.1 Å². The maximum Gasteiger partial charge on any atom is 0.297 e. The molecule has 0 saturated carbocycles. The largest absolute Gasteiger partial charge is 0.388 e. The lowest BCUT2D eigenvalue weighted by molar-refractivity contribution is -0.218. The van der Waals surface area contributed by atoms with Gasteiger partial charge in [0.1, 0.15) is 24.4 Å². The van der Waals surface area contributed by atoms with E-state index in [0.29, 0.717) is 0 Å². The minimum absolute atomic E-state index is 0.0371. The number of methoxy groups -OCH3 is 1. The summed E-state index contributed by atoms with van der Waals surface area (Å²) < 4.78 is 40.2. The number of rotatable bonds is 5. The highest BCUT2D eigenvalue weighted by Crippen LogP contribution is 2.27. The fourth-order valence-corrected chi connectivity index (χ4v) is 3.54. The molecule has 0 aliphatic carbocycles. The normalized spacial score (nSPS) is 32.0. The molecule has 1 saturated heterocycles. The van der Waals surface area contributed by atoms with E-state index in [0.717, 1.165) is 5.56 Å². The summed E-state index contributed by atoms with van der Waals surface area (Å²) in [5.41, 5.74) is 0.906. The van der Waals surface area contributed by atoms with E-state index in [1.54, 1.807) is 19.1 Å². The van der Waals surface area contributed by atoms with E-state index in [9.17, 15) is 18.6 Å². The van der Waals surface area contributed by atoms with E-state index in [1.165, 1.54) is 19.2 Å². The molecule has 0 amide bonds. The van der Waals surface area contributed by atoms with Crippen LogP contribution in [0.25, 0.3) is 0 Å². The topological polar surface area (TPSA) is 102 Å². The SMILES string of the molecule is COC[C@@H]1O[C@@H](C)[C@H](O)[C@@H](OS(=O)(=O)c2ccc(C)cc2)[C@H]1O. The molecule has 2 N–H and O–H groups in total. The maximum absolute atomic E-state index is 12.4. The second-order valence-electron chi connectivity index (χ2n) is 5.64. The van der Waals surface area contributed by atoms with Gasteiger partial charge in [0, 0.05) is 7.11 Å². The summed E-state index contributed by atoms with van der Waals surface area (Å²) in [6.45, 7) is 3.47. The van der Waals surface area contributed by atoms with E-state index >= 15 is 0 Å². The molecule has 130 valence electrons. The van der Waals surface area contributed by atoms with Crippen molar-refractivity contribution in [3.8, 4) is 0 Å². The Morgan fingerprint density at radius 2 is 1.78 bits per heavy atom. The van der Waals surface area contributed by atoms with Crippen molar-refractivity contribution in [2.75, 3.05) is 13.7 Å². The van der Waals surface area contributed by atoms with Gasteiger partial charge in [0.2, 0.25) is 0 Å². The molecule has 1 aromatic carbocycles. The summed E-state index contributed by atoms with van der Waals surface area (Å²) in [5.74, 6) is 0. The maximum atomic E-state index is 12.4. The molecule has 1 heterocycles. The highest BCUT2D eigenvalue weighted by atomic mass is 32.2. The molecule has 0 unspecified atom stereocenters. The summed E-state index contributed by atoms with van der Waals surface area (Å²) in [6, 6.07) is 6.12. The van der Waals surface area contributed by atoms with Gasteiger partial charge in [-0.05, 0) is 26.0 Å². The zero-order valence-electron chi connectivity index (χ0n) is 13.2. The highest BCUT2D eigenvalue weighted by molar-refractivity contribution is 7.86. The third-order valence-electron chi connectivity index (χ3n) is 3.80. The third kappa shape index (κ3) is 4.09. The Kier molecular flexibility index (Phi) is 5.77. The van der Waals surface area contributed by atoms with Crippen LogP contribution in [-0.2, 0) is 23.8 Å². The number of aliphatic hydroxyl groups excluding tert-OH is 2. The average Bonchev–Trinajstić information content (AvgIpc) is 2.50. The molecule has 0 radical (unpaired) electrons. The fourth-order valence-electron chi connectivity index (χ4n) is 2.44. The molecule has 1 fully saturated rings. The lowest BCUT2D eigenvalue weighted by Crippen LogP contribution is -2.59. The number of aliphatic hydroxyl groups is 2. The summed E-state index contributed by atoms with van der Waals surface area (Å²) in [7, 11) is -2.69. The molecule has 0 aromatic heterocycles. The molecule has 23 heavy (non-hydrogen) atoms. The first kappa shape index (κ1) is 18.3. The summed E-state index contributed by atoms with van der Waals surface area (Å²) >= 11 is 0. The Morgan fingerprint density at radius 3 is 2.35 bits per heavy atom. The quantitative estimate of drug-likeness (QED) is 0.736. The number of aryl methyl sites for hydroxylation is 1. The predicted molar refractivity (Wildman–Crippen MR) is 81.5 cm³/mol. The van der Waals surface area contributed by atoms with Gasteiger partial charge in [-0.3, -0.25) is 4.18 Å². The molecule has 8 heteroatoms. The summed E-state index contributed by atoms with van der Waals surface area (Å²) in [4.78, 5) is -0.0371. The van der Waals surface area contributed by atoms with Gasteiger partial charge in [-0.2, -0.15) is 8.42 Å². The minimum Gasteiger partial charge on any atom is -0.388 e. The Hall–Kier alpha value is -1.03. The fraction of sp³-hybridized carbons (Fsp3) is 0.600. The van der Waals surface area contributed by atoms with Crippen LogP contribution in [0.3, 0.4) is 0 Å². The van der Waals surface area contributed by atoms with E-state index in [1.807, 2.05) is 6.92 Å². The van der Waals surface area contributed by atoms with Crippen molar-refractivity contribution in [2.45, 2.75) is 49.3 Å². The molecular weight excluding hydrogens is 324 g/mol. The Morgan fingerprint density at radius 1 is 1.17 bits per heavy atom. The lowest BCUT2D eigenvalue weighted by Gasteiger charge is -2.40. The van der Waals surface area contributed by atoms with Crippen molar-refractivity contribution >= 4 is 10.1 Å². The molecule has 1 aliphatic rings. The van der Waals surface area contributed by atoms with Crippen molar-refractivity contribution in [2.24, 2.45) is 0 Å². The van der Waals surface area contributed by atoms with Gasteiger partial charge >= 0.3 is 0 Å². The standard InChI is InChI=1S/C15H22O7S/c1-9-4-6-11(7-5-9)23(18,19)22-15-13(16)10(2)21-12(8-20-3)14(15)17/h4-7,10,12-17H,8H2,1-3H3/t10-,12-,13-,14-,15+/m0/s1. The predicted octanol–water partition coefficient (Wildman–Crippen LogP) is 0.224. The second-order valence-corrected chi connectivity index (χ2v) is 7.22. The van der Waals surface area contributed by atoms with E-state index in [-0.39, 0.29) is 11.5 Å². The van der Waals surface area contributed by atoms with Crippen molar-refractivity contribution in [3.05, 3.63) is 29.8 Å². The number of benzene rings is 1. The van der Waals surface area contributed by atoms with Crippen LogP contribution in [0, 0.1) is 6.92 Å². The molecular formula is C15H22O7S. The van der Waals surface area contributed by atoms with Crippen LogP contribution in [0.5, 0.6) is 0 Å². The van der Waals surface area contributed by atoms with Crippen LogP contribution in [0.1, 0.15) is 12.5 Å². The van der Waals surface area contributed by atoms with Crippen LogP contribution in [0.15, 0.2) is 29.2 Å². The van der Waals surface area contributed by atoms with Gasteiger partial charge in [-0.15, -0.1) is 0 Å². The Labute approximate surface area is 135 Å². The van der Waals surface area contributed by atoms with Crippen molar-refractivity contribution in [3.63, 3.8) is 0 Å². The molecule has 7 nitrogen and oxygen atoms in total. The molecule has 0 bridgehead atoms. The second kappa shape index (κ2) is 7.25. The van der Waals surface area contributed by atoms with Gasteiger partial charge in [-0.1, -0.05) is 17.7 Å². The third-order valence-corrected chi connectivity index (χ3v) is 5.13. The molecule has 1 aliphatic heterocycles. The Balaban J connectivity index is 2.22. The number of hydrogen-bond donors (Lipinski definition) is 2. The van der Waals surface area contributed by atoms with Crippen LogP contribution >= 0.6 is 0 Å². The first-order valence-electron chi connectivity index (χ1n) is 7.26. The van der Waals surface area contributed by atoms with E-state index < -0.39 is 40.6 Å². The van der Waals surface area contributed by atoms with E-state index in [4.69, 9.17) is 13.7 Å². The number of hydrogen-bond acceptors (Lipinski definition) is 7. The Bertz CT molecular complexity index is 613. The van der Waals surface area contributed by atoms with Crippen molar-refractivity contribution in [1.82, 2.24) is 0 Å². The zero-order valence-corrected chi connectivity index (χ0v) is 14.1. The van der Waals surface area contributed by atoms with Crippen molar-refractivity contribution in [1.29, 1.82) is 0 Å². The first-order chi connectivity index (χ1) is 10.8. The lowest BCUT2D eigenvalue weighted by atomic mass is 9.96. The van der Waals surface area contributed by atoms with Crippen LogP contribution in [0.2, 0.25) is 0 Å². The van der Waals surface area contributed by atoms with Crippen LogP contribution in [0.4, 0.5) is 0 Å². The zero-order chi connectivity index (χ0) is 17.2. The molecule has 2 rings (SSSR count). The molecule has 1 aromatic rings. The summed E-state index contributed by atoms with van der Waals surface area (Å²) in [5, 5.41) is 20.4. The van der Waals surface area contributed by atoms with Gasteiger partial charge in [0.05, 0.1) is 17.6 Å². The molecule has 5 atom stereocenters. The highest BCUT2D eigenvalue weighted by Gasteiger charge is 2.45. The molecule has 0 spiro atoms. The van der Waals surface area contributed by atoms with E-state index in [2.05, 4.69) is 0 Å². The minimum atomic E-state index is -4.12. The average molecular weight is 346 g/mol. The van der Waals surface area contributed by atoms with Gasteiger partial charge < -0.3 is 19.7 Å². The first-order valence-corrected chi connectivity index (χ1v) is 8.67. The summed E-state index contributed by atoms with van der Waals surface area (Å²) in [6.07, 6.45) is -5.42. The van der Waals surface area contributed by atoms with Crippen LogP contribution in [-0.4, -0.2) is 62.9 Å². The van der Waals surface area contributed by atoms with Gasteiger partial charge in [0.15, 0.2) is 0 Å². The monoisotopic (exact) mass is 346 g/mol. The van der Waals surface area contributed by atoms with Crippen molar-refractivity contribution < 1.29 is 32.3 Å². The van der Waals surface area contributed by atoms with Crippen LogP contribution < -0.4 is 0 Å². The smallest absolute Gasteiger partial charge is 0.297 e. The number of ether oxygens (including phenoxy) is 2. The van der Waals surface area contributed by atoms with Gasteiger partial charge in [-0.25, -0.2) is 0 Å².